The van der Waals surface area contributed by atoms with Crippen LogP contribution in [0.25, 0.3) is 5.82 Å². The van der Waals surface area contributed by atoms with Crippen molar-refractivity contribution < 1.29 is 13.2 Å². The van der Waals surface area contributed by atoms with Crippen molar-refractivity contribution in [3.8, 4) is 5.82 Å². The van der Waals surface area contributed by atoms with Gasteiger partial charge < -0.3 is 5.32 Å². The van der Waals surface area contributed by atoms with Gasteiger partial charge in [0.2, 0.25) is 0 Å². The van der Waals surface area contributed by atoms with Crippen molar-refractivity contribution in [3.63, 3.8) is 0 Å². The first-order valence-electron chi connectivity index (χ1n) is 10.4. The van der Waals surface area contributed by atoms with Crippen LogP contribution >= 0.6 is 11.6 Å². The molecule has 0 fully saturated rings. The number of nitrogens with one attached hydrogen (secondary N) is 2. The summed E-state index contributed by atoms with van der Waals surface area (Å²) in [6.45, 7) is 4.05. The molecule has 0 unspecified atom stereocenters. The zero-order valence-corrected chi connectivity index (χ0v) is 20.1. The third-order valence-electron chi connectivity index (χ3n) is 5.25. The van der Waals surface area contributed by atoms with Gasteiger partial charge in [0.25, 0.3) is 15.9 Å². The van der Waals surface area contributed by atoms with Gasteiger partial charge in [0.05, 0.1) is 15.5 Å². The van der Waals surface area contributed by atoms with Gasteiger partial charge >= 0.3 is 0 Å². The van der Waals surface area contributed by atoms with Crippen molar-refractivity contribution in [1.29, 1.82) is 0 Å². The maximum atomic E-state index is 12.9. The number of nitrogens with zero attached hydrogens (tertiary/aromatic N) is 3. The second-order valence-corrected chi connectivity index (χ2v) is 9.79. The predicted octanol–water partition coefficient (Wildman–Crippen LogP) is 4.27. The Hall–Kier alpha value is -3.69. The molecule has 4 rings (SSSR count). The topological polar surface area (TPSA) is 106 Å². The number of aromatic nitrogens is 3. The Morgan fingerprint density at radius 2 is 1.85 bits per heavy atom. The lowest BCUT2D eigenvalue weighted by Gasteiger charge is -2.12. The third kappa shape index (κ3) is 5.27. The summed E-state index contributed by atoms with van der Waals surface area (Å²) in [7, 11) is -3.92. The van der Waals surface area contributed by atoms with Crippen LogP contribution in [0.2, 0.25) is 5.02 Å². The minimum Gasteiger partial charge on any atom is -0.348 e. The summed E-state index contributed by atoms with van der Waals surface area (Å²) in [5, 5.41) is 7.06. The number of benzene rings is 2. The molecule has 2 heterocycles. The molecule has 0 aliphatic heterocycles. The number of carbonyl (C=O) groups excluding carboxylic acids is 1. The lowest BCUT2D eigenvalue weighted by molar-refractivity contribution is 0.0951. The number of hydrogen-bond donors (Lipinski definition) is 2. The van der Waals surface area contributed by atoms with Gasteiger partial charge in [-0.1, -0.05) is 17.7 Å². The molecule has 0 saturated heterocycles. The van der Waals surface area contributed by atoms with Crippen molar-refractivity contribution in [2.75, 3.05) is 4.72 Å². The Morgan fingerprint density at radius 3 is 2.59 bits per heavy atom. The molecule has 2 aromatic heterocycles. The first kappa shape index (κ1) is 23.5. The summed E-state index contributed by atoms with van der Waals surface area (Å²) in [4.78, 5) is 17.0. The fourth-order valence-corrected chi connectivity index (χ4v) is 4.52. The number of halogens is 1. The molecule has 0 aliphatic carbocycles. The maximum Gasteiger partial charge on any atom is 0.261 e. The molecule has 4 aromatic rings. The Kier molecular flexibility index (Phi) is 6.67. The van der Waals surface area contributed by atoms with E-state index in [1.54, 1.807) is 53.6 Å². The van der Waals surface area contributed by atoms with Crippen LogP contribution in [0.4, 0.5) is 5.69 Å². The lowest BCUT2D eigenvalue weighted by atomic mass is 10.1. The highest BCUT2D eigenvalue weighted by atomic mass is 35.5. The van der Waals surface area contributed by atoms with E-state index in [1.165, 1.54) is 18.2 Å². The highest BCUT2D eigenvalue weighted by molar-refractivity contribution is 7.92. The summed E-state index contributed by atoms with van der Waals surface area (Å²) in [5.41, 5.74) is 3.31. The molecule has 0 bridgehead atoms. The number of aryl methyl sites for hydroxylation is 2. The second-order valence-electron chi connectivity index (χ2n) is 7.70. The Balaban J connectivity index is 1.50. The molecule has 0 aliphatic rings. The van der Waals surface area contributed by atoms with Crippen LogP contribution in [0.1, 0.15) is 27.0 Å². The highest BCUT2D eigenvalue weighted by Crippen LogP contribution is 2.24. The van der Waals surface area contributed by atoms with E-state index in [1.807, 2.05) is 19.9 Å². The average Bonchev–Trinajstić information content (AvgIpc) is 3.35. The second kappa shape index (κ2) is 9.66. The molecule has 8 nitrogen and oxygen atoms in total. The molecule has 2 aromatic carbocycles. The largest absolute Gasteiger partial charge is 0.348 e. The summed E-state index contributed by atoms with van der Waals surface area (Å²) in [6, 6.07) is 14.7. The number of anilines is 1. The van der Waals surface area contributed by atoms with E-state index < -0.39 is 15.9 Å². The lowest BCUT2D eigenvalue weighted by Crippen LogP contribution is -2.24. The van der Waals surface area contributed by atoms with Crippen LogP contribution in [0.3, 0.4) is 0 Å². The van der Waals surface area contributed by atoms with Gasteiger partial charge in [0.15, 0.2) is 5.82 Å². The molecule has 174 valence electrons. The minimum atomic E-state index is -3.92. The fourth-order valence-electron chi connectivity index (χ4n) is 3.24. The van der Waals surface area contributed by atoms with E-state index in [0.29, 0.717) is 11.5 Å². The number of carbonyl (C=O) groups is 1. The van der Waals surface area contributed by atoms with Gasteiger partial charge in [-0.15, -0.1) is 0 Å². The van der Waals surface area contributed by atoms with Crippen molar-refractivity contribution in [2.24, 2.45) is 0 Å². The molecule has 0 atom stereocenters. The number of amides is 1. The van der Waals surface area contributed by atoms with Crippen molar-refractivity contribution in [2.45, 2.75) is 25.3 Å². The van der Waals surface area contributed by atoms with Gasteiger partial charge in [-0.05, 0) is 79.1 Å². The molecule has 1 amide bonds. The number of hydrogen-bond acceptors (Lipinski definition) is 5. The third-order valence-corrected chi connectivity index (χ3v) is 6.96. The standard InChI is InChI=1S/C24H22ClN5O3S/c1-16-4-5-19(12-17(16)2)29-34(32,33)20-6-7-22(25)21(14-20)24(31)27-15-18-8-10-26-23(13-18)30-11-3-9-28-30/h3-14,29H,15H2,1-2H3,(H,27,31). The number of rotatable bonds is 7. The van der Waals surface area contributed by atoms with Crippen LogP contribution in [0, 0.1) is 13.8 Å². The molecular weight excluding hydrogens is 474 g/mol. The minimum absolute atomic E-state index is 0.0611. The van der Waals surface area contributed by atoms with E-state index >= 15 is 0 Å². The summed E-state index contributed by atoms with van der Waals surface area (Å²) in [5.74, 6) is 0.117. The van der Waals surface area contributed by atoms with Crippen LogP contribution in [0.15, 0.2) is 78.1 Å². The van der Waals surface area contributed by atoms with E-state index in [2.05, 4.69) is 20.1 Å². The zero-order chi connectivity index (χ0) is 24.3. The number of pyridine rings is 1. The summed E-state index contributed by atoms with van der Waals surface area (Å²) in [6.07, 6.45) is 5.04. The van der Waals surface area contributed by atoms with Gasteiger partial charge in [-0.3, -0.25) is 9.52 Å². The summed E-state index contributed by atoms with van der Waals surface area (Å²) < 4.78 is 30.0. The molecule has 10 heteroatoms. The highest BCUT2D eigenvalue weighted by Gasteiger charge is 2.19. The normalized spacial score (nSPS) is 11.3. The molecule has 0 spiro atoms. The van der Waals surface area contributed by atoms with Crippen molar-refractivity contribution >= 4 is 33.2 Å². The summed E-state index contributed by atoms with van der Waals surface area (Å²) >= 11 is 6.22. The van der Waals surface area contributed by atoms with Gasteiger partial charge in [0.1, 0.15) is 0 Å². The van der Waals surface area contributed by atoms with Crippen molar-refractivity contribution in [1.82, 2.24) is 20.1 Å². The average molecular weight is 496 g/mol. The monoisotopic (exact) mass is 495 g/mol. The molecule has 2 N–H and O–H groups in total. The first-order chi connectivity index (χ1) is 16.2. The maximum absolute atomic E-state index is 12.9. The van der Waals surface area contributed by atoms with E-state index in [0.717, 1.165) is 16.7 Å². The fraction of sp³-hybridized carbons (Fsp3) is 0.125. The molecular formula is C24H22ClN5O3S. The Labute approximate surface area is 202 Å². The van der Waals surface area contributed by atoms with E-state index in [9.17, 15) is 13.2 Å². The Morgan fingerprint density at radius 1 is 1.03 bits per heavy atom. The quantitative estimate of drug-likeness (QED) is 0.398. The Bertz CT molecular complexity index is 1450. The molecule has 0 radical (unpaired) electrons. The van der Waals surface area contributed by atoms with Crippen LogP contribution < -0.4 is 10.0 Å². The van der Waals surface area contributed by atoms with Crippen LogP contribution in [-0.2, 0) is 16.6 Å². The SMILES string of the molecule is Cc1ccc(NS(=O)(=O)c2ccc(Cl)c(C(=O)NCc3ccnc(-n4cccn4)c3)c2)cc1C. The molecule has 0 saturated carbocycles. The predicted molar refractivity (Wildman–Crippen MR) is 131 cm³/mol. The first-order valence-corrected chi connectivity index (χ1v) is 12.2. The van der Waals surface area contributed by atoms with Gasteiger partial charge in [0, 0.05) is 30.8 Å². The van der Waals surface area contributed by atoms with Crippen LogP contribution in [-0.4, -0.2) is 29.1 Å². The van der Waals surface area contributed by atoms with Gasteiger partial charge in [-0.25, -0.2) is 18.1 Å². The number of sulfonamides is 1. The van der Waals surface area contributed by atoms with Gasteiger partial charge in [-0.2, -0.15) is 5.10 Å². The van der Waals surface area contributed by atoms with Crippen molar-refractivity contribution in [3.05, 3.63) is 100 Å². The zero-order valence-electron chi connectivity index (χ0n) is 18.5. The van der Waals surface area contributed by atoms with Crippen LogP contribution in [0.5, 0.6) is 0 Å². The molecule has 34 heavy (non-hydrogen) atoms. The smallest absolute Gasteiger partial charge is 0.261 e. The van der Waals surface area contributed by atoms with E-state index in [-0.39, 0.29) is 22.0 Å². The van der Waals surface area contributed by atoms with E-state index in [4.69, 9.17) is 11.6 Å².